The number of hydrazone groups is 1. The van der Waals surface area contributed by atoms with E-state index in [0.717, 1.165) is 24.3 Å². The minimum absolute atomic E-state index is 0.0185. The van der Waals surface area contributed by atoms with Gasteiger partial charge in [-0.15, -0.1) is 5.10 Å². The highest BCUT2D eigenvalue weighted by atomic mass is 16.5. The van der Waals surface area contributed by atoms with Crippen molar-refractivity contribution in [3.8, 4) is 0 Å². The van der Waals surface area contributed by atoms with Crippen molar-refractivity contribution in [3.63, 3.8) is 0 Å². The normalized spacial score (nSPS) is 34.3. The smallest absolute Gasteiger partial charge is 0.240 e. The molecule has 2 N–H and O–H groups in total. The number of nitrogens with zero attached hydrogens (tertiary/aromatic N) is 1. The number of aryl methyl sites for hydroxylation is 1. The predicted molar refractivity (Wildman–Crippen MR) is 115 cm³/mol. The van der Waals surface area contributed by atoms with Gasteiger partial charge in [0, 0.05) is 29.1 Å². The third-order valence-corrected chi connectivity index (χ3v) is 7.50. The van der Waals surface area contributed by atoms with Crippen LogP contribution in [0.5, 0.6) is 0 Å². The Labute approximate surface area is 169 Å². The summed E-state index contributed by atoms with van der Waals surface area (Å²) in [5.74, 6) is 2.04. The molecule has 1 aromatic carbocycles. The third kappa shape index (κ3) is 3.11. The summed E-state index contributed by atoms with van der Waals surface area (Å²) < 4.78 is 5.96. The summed E-state index contributed by atoms with van der Waals surface area (Å²) >= 11 is 0. The summed E-state index contributed by atoms with van der Waals surface area (Å²) in [6.45, 7) is 13.4. The Bertz CT molecular complexity index is 786. The Hall–Kier alpha value is -1.97. The largest absolute Gasteiger partial charge is 0.451 e. The summed E-state index contributed by atoms with van der Waals surface area (Å²) in [6, 6.07) is 7.28. The number of fused-ring (bicyclic) bond motifs is 1. The zero-order chi connectivity index (χ0) is 19.9. The van der Waals surface area contributed by atoms with Gasteiger partial charge in [0.2, 0.25) is 5.90 Å². The van der Waals surface area contributed by atoms with E-state index in [1.807, 2.05) is 0 Å². The molecule has 0 radical (unpaired) electrons. The molecule has 4 unspecified atom stereocenters. The molecular formula is C24H35N3O. The van der Waals surface area contributed by atoms with Crippen LogP contribution in [0.3, 0.4) is 0 Å². The van der Waals surface area contributed by atoms with Crippen LogP contribution in [0.1, 0.15) is 81.9 Å². The molecule has 0 aromatic heterocycles. The Balaban J connectivity index is 1.51. The fourth-order valence-electron chi connectivity index (χ4n) is 5.88. The molecule has 1 saturated carbocycles. The molecule has 2 aliphatic heterocycles. The zero-order valence-corrected chi connectivity index (χ0v) is 17.8. The Kier molecular flexibility index (Phi) is 5.15. The number of allylic oxidation sites excluding steroid dienone is 1. The van der Waals surface area contributed by atoms with Gasteiger partial charge in [-0.3, -0.25) is 5.43 Å². The maximum absolute atomic E-state index is 5.96. The van der Waals surface area contributed by atoms with E-state index in [1.54, 1.807) is 0 Å². The first kappa shape index (κ1) is 19.4. The van der Waals surface area contributed by atoms with E-state index in [-0.39, 0.29) is 6.23 Å². The number of nitrogens with one attached hydrogen (secondary N) is 2. The van der Waals surface area contributed by atoms with Gasteiger partial charge in [0.1, 0.15) is 0 Å². The fourth-order valence-corrected chi connectivity index (χ4v) is 5.88. The van der Waals surface area contributed by atoms with Crippen molar-refractivity contribution in [3.05, 3.63) is 47.2 Å². The highest BCUT2D eigenvalue weighted by Crippen LogP contribution is 2.56. The lowest BCUT2D eigenvalue weighted by Crippen LogP contribution is -2.36. The van der Waals surface area contributed by atoms with Gasteiger partial charge in [-0.2, -0.15) is 0 Å². The van der Waals surface area contributed by atoms with Gasteiger partial charge in [0.15, 0.2) is 6.23 Å². The van der Waals surface area contributed by atoms with E-state index in [0.29, 0.717) is 23.3 Å². The molecule has 1 aliphatic carbocycles. The maximum Gasteiger partial charge on any atom is 0.240 e. The molecule has 0 bridgehead atoms. The van der Waals surface area contributed by atoms with Crippen LogP contribution >= 0.6 is 0 Å². The van der Waals surface area contributed by atoms with Crippen molar-refractivity contribution in [1.82, 2.24) is 10.7 Å². The van der Waals surface area contributed by atoms with Crippen LogP contribution < -0.4 is 10.7 Å². The molecule has 4 nitrogen and oxygen atoms in total. The van der Waals surface area contributed by atoms with Crippen LogP contribution in [-0.2, 0) is 4.74 Å². The van der Waals surface area contributed by atoms with Gasteiger partial charge < -0.3 is 10.1 Å². The Morgan fingerprint density at radius 2 is 2.14 bits per heavy atom. The monoisotopic (exact) mass is 381 g/mol. The SMILES string of the molecule is C=C1N[C@H](C)C2CC(c3ccc(C4=NNC(CCC)O4)cc3C)CCC12CC. The summed E-state index contributed by atoms with van der Waals surface area (Å²) in [5.41, 5.74) is 8.61. The average molecular weight is 382 g/mol. The maximum atomic E-state index is 5.96. The minimum atomic E-state index is 0.0185. The number of benzene rings is 1. The van der Waals surface area contributed by atoms with E-state index in [1.165, 1.54) is 42.5 Å². The minimum Gasteiger partial charge on any atom is -0.451 e. The van der Waals surface area contributed by atoms with E-state index in [9.17, 15) is 0 Å². The van der Waals surface area contributed by atoms with Crippen LogP contribution in [0, 0.1) is 18.3 Å². The van der Waals surface area contributed by atoms with Crippen LogP contribution in [0.15, 0.2) is 35.6 Å². The number of hydrogen-bond acceptors (Lipinski definition) is 4. The first-order valence-corrected chi connectivity index (χ1v) is 11.0. The van der Waals surface area contributed by atoms with Crippen LogP contribution in [-0.4, -0.2) is 18.2 Å². The lowest BCUT2D eigenvalue weighted by atomic mass is 9.60. The lowest BCUT2D eigenvalue weighted by Gasteiger charge is -2.43. The van der Waals surface area contributed by atoms with Gasteiger partial charge in [-0.05, 0) is 74.6 Å². The zero-order valence-electron chi connectivity index (χ0n) is 17.8. The first-order valence-electron chi connectivity index (χ1n) is 11.0. The molecule has 4 heteroatoms. The molecule has 5 atom stereocenters. The molecule has 2 heterocycles. The number of ether oxygens (including phenoxy) is 1. The quantitative estimate of drug-likeness (QED) is 0.738. The van der Waals surface area contributed by atoms with Gasteiger partial charge in [-0.1, -0.05) is 32.9 Å². The van der Waals surface area contributed by atoms with E-state index in [4.69, 9.17) is 4.74 Å². The van der Waals surface area contributed by atoms with Crippen molar-refractivity contribution in [1.29, 1.82) is 0 Å². The molecule has 0 spiro atoms. The molecular weight excluding hydrogens is 346 g/mol. The summed E-state index contributed by atoms with van der Waals surface area (Å²) in [5, 5.41) is 8.06. The second-order valence-electron chi connectivity index (χ2n) is 9.01. The molecule has 1 saturated heterocycles. The topological polar surface area (TPSA) is 45.7 Å². The highest BCUT2D eigenvalue weighted by Gasteiger charge is 2.51. The molecule has 3 aliphatic rings. The lowest BCUT2D eigenvalue weighted by molar-refractivity contribution is 0.134. The molecule has 0 amide bonds. The second kappa shape index (κ2) is 7.46. The molecule has 152 valence electrons. The van der Waals surface area contributed by atoms with Gasteiger partial charge in [0.25, 0.3) is 0 Å². The second-order valence-corrected chi connectivity index (χ2v) is 9.01. The van der Waals surface area contributed by atoms with Crippen LogP contribution in [0.4, 0.5) is 0 Å². The molecule has 2 fully saturated rings. The molecule has 1 aromatic rings. The predicted octanol–water partition coefficient (Wildman–Crippen LogP) is 5.19. The number of hydrogen-bond donors (Lipinski definition) is 2. The van der Waals surface area contributed by atoms with Crippen molar-refractivity contribution < 1.29 is 4.74 Å². The van der Waals surface area contributed by atoms with E-state index in [2.05, 4.69) is 68.3 Å². The van der Waals surface area contributed by atoms with E-state index < -0.39 is 0 Å². The highest BCUT2D eigenvalue weighted by molar-refractivity contribution is 5.95. The van der Waals surface area contributed by atoms with Crippen molar-refractivity contribution in [2.45, 2.75) is 84.4 Å². The standard InChI is InChI=1S/C24H35N3O/c1-6-8-22-26-27-23(28-22)19-9-10-20(15(3)13-19)18-11-12-24(7-2)17(5)25-16(4)21(24)14-18/h9-10,13,16,18,21-22,25-26H,5-8,11-12,14H2,1-4H3/t16-,18?,21?,22?,24?/m1/s1. The van der Waals surface area contributed by atoms with Crippen molar-refractivity contribution in [2.24, 2.45) is 16.4 Å². The Morgan fingerprint density at radius 3 is 2.86 bits per heavy atom. The third-order valence-electron chi connectivity index (χ3n) is 7.50. The molecule has 4 rings (SSSR count). The van der Waals surface area contributed by atoms with Gasteiger partial charge in [0.05, 0.1) is 0 Å². The number of rotatable bonds is 5. The Morgan fingerprint density at radius 1 is 1.32 bits per heavy atom. The summed E-state index contributed by atoms with van der Waals surface area (Å²) in [7, 11) is 0. The van der Waals surface area contributed by atoms with Crippen molar-refractivity contribution in [2.75, 3.05) is 0 Å². The van der Waals surface area contributed by atoms with Crippen molar-refractivity contribution >= 4 is 5.90 Å². The van der Waals surface area contributed by atoms with Gasteiger partial charge >= 0.3 is 0 Å². The molecule has 28 heavy (non-hydrogen) atoms. The fraction of sp³-hybridized carbons (Fsp3) is 0.625. The summed E-state index contributed by atoms with van der Waals surface area (Å²) in [4.78, 5) is 0. The van der Waals surface area contributed by atoms with Crippen LogP contribution in [0.2, 0.25) is 0 Å². The first-order chi connectivity index (χ1) is 13.5. The summed E-state index contributed by atoms with van der Waals surface area (Å²) in [6.07, 6.45) is 7.01. The van der Waals surface area contributed by atoms with E-state index >= 15 is 0 Å². The average Bonchev–Trinajstić information content (AvgIpc) is 3.25. The van der Waals surface area contributed by atoms with Gasteiger partial charge in [-0.25, -0.2) is 0 Å². The van der Waals surface area contributed by atoms with Crippen LogP contribution in [0.25, 0.3) is 0 Å².